The molecule has 0 bridgehead atoms. The van der Waals surface area contributed by atoms with Gasteiger partial charge in [-0.05, 0) is 26.7 Å². The number of piperidine rings is 1. The molecule has 1 heterocycles. The van der Waals surface area contributed by atoms with E-state index in [1.807, 2.05) is 13.8 Å². The fourth-order valence-electron chi connectivity index (χ4n) is 1.94. The summed E-state index contributed by atoms with van der Waals surface area (Å²) >= 11 is 0. The minimum absolute atomic E-state index is 0.0482. The van der Waals surface area contributed by atoms with Crippen LogP contribution in [0.5, 0.6) is 0 Å². The van der Waals surface area contributed by atoms with E-state index in [4.69, 9.17) is 14.6 Å². The number of ether oxygens (including phenoxy) is 2. The number of likely N-dealkylation sites (tertiary alicyclic amines) is 1. The maximum absolute atomic E-state index is 11.4. The largest absolute Gasteiger partial charge is 0.462 e. The van der Waals surface area contributed by atoms with E-state index >= 15 is 0 Å². The third kappa shape index (κ3) is 6.00. The number of aliphatic hydroxyl groups excluding tert-OH is 1. The van der Waals surface area contributed by atoms with Crippen LogP contribution in [0.4, 0.5) is 0 Å². The SMILES string of the molecule is CC(C)OC(=O)CN1CCC(OCCO)CC1. The van der Waals surface area contributed by atoms with Crippen molar-refractivity contribution in [2.24, 2.45) is 0 Å². The van der Waals surface area contributed by atoms with Gasteiger partial charge in [0.25, 0.3) is 0 Å². The average molecular weight is 245 g/mol. The number of hydrogen-bond acceptors (Lipinski definition) is 5. The first kappa shape index (κ1) is 14.4. The van der Waals surface area contributed by atoms with Crippen LogP contribution in [-0.4, -0.2) is 61.0 Å². The first-order valence-corrected chi connectivity index (χ1v) is 6.26. The average Bonchev–Trinajstić information content (AvgIpc) is 2.27. The standard InChI is InChI=1S/C12H23NO4/c1-10(2)17-12(15)9-13-5-3-11(4-6-13)16-8-7-14/h10-11,14H,3-9H2,1-2H3. The number of carbonyl (C=O) groups excluding carboxylic acids is 1. The van der Waals surface area contributed by atoms with E-state index in [0.29, 0.717) is 13.2 Å². The molecule has 17 heavy (non-hydrogen) atoms. The van der Waals surface area contributed by atoms with Crippen LogP contribution in [-0.2, 0) is 14.3 Å². The summed E-state index contributed by atoms with van der Waals surface area (Å²) < 4.78 is 10.6. The summed E-state index contributed by atoms with van der Waals surface area (Å²) in [6, 6.07) is 0. The molecular formula is C12H23NO4. The summed E-state index contributed by atoms with van der Waals surface area (Å²) in [5.41, 5.74) is 0. The quantitative estimate of drug-likeness (QED) is 0.687. The van der Waals surface area contributed by atoms with Crippen molar-refractivity contribution in [3.63, 3.8) is 0 Å². The first-order valence-electron chi connectivity index (χ1n) is 6.26. The minimum atomic E-state index is -0.158. The molecule has 1 saturated heterocycles. The number of nitrogens with zero attached hydrogens (tertiary/aromatic N) is 1. The van der Waals surface area contributed by atoms with Crippen LogP contribution in [0.2, 0.25) is 0 Å². The lowest BCUT2D eigenvalue weighted by Gasteiger charge is -2.31. The van der Waals surface area contributed by atoms with Crippen molar-refractivity contribution in [3.05, 3.63) is 0 Å². The van der Waals surface area contributed by atoms with Crippen LogP contribution >= 0.6 is 0 Å². The third-order valence-corrected chi connectivity index (χ3v) is 2.70. The molecule has 0 unspecified atom stereocenters. The topological polar surface area (TPSA) is 59.0 Å². The van der Waals surface area contributed by atoms with E-state index in [1.165, 1.54) is 0 Å². The van der Waals surface area contributed by atoms with Crippen molar-refractivity contribution < 1.29 is 19.4 Å². The van der Waals surface area contributed by atoms with E-state index in [2.05, 4.69) is 4.90 Å². The maximum atomic E-state index is 11.4. The molecule has 5 nitrogen and oxygen atoms in total. The molecule has 0 atom stereocenters. The van der Waals surface area contributed by atoms with Gasteiger partial charge in [-0.25, -0.2) is 0 Å². The van der Waals surface area contributed by atoms with Crippen LogP contribution in [0.15, 0.2) is 0 Å². The summed E-state index contributed by atoms with van der Waals surface area (Å²) in [4.78, 5) is 13.5. The van der Waals surface area contributed by atoms with Gasteiger partial charge in [-0.2, -0.15) is 0 Å². The molecule has 0 amide bonds. The molecule has 0 saturated carbocycles. The predicted molar refractivity (Wildman–Crippen MR) is 63.7 cm³/mol. The molecule has 1 rings (SSSR count). The number of esters is 1. The van der Waals surface area contributed by atoms with Crippen molar-refractivity contribution in [2.45, 2.75) is 38.9 Å². The molecule has 100 valence electrons. The monoisotopic (exact) mass is 245 g/mol. The number of hydrogen-bond donors (Lipinski definition) is 1. The Morgan fingerprint density at radius 2 is 2.06 bits per heavy atom. The van der Waals surface area contributed by atoms with Gasteiger partial charge in [-0.1, -0.05) is 0 Å². The van der Waals surface area contributed by atoms with Crippen LogP contribution in [0.3, 0.4) is 0 Å². The van der Waals surface area contributed by atoms with Gasteiger partial charge in [-0.15, -0.1) is 0 Å². The highest BCUT2D eigenvalue weighted by atomic mass is 16.5. The van der Waals surface area contributed by atoms with Crippen LogP contribution in [0.25, 0.3) is 0 Å². The van der Waals surface area contributed by atoms with E-state index in [1.54, 1.807) is 0 Å². The predicted octanol–water partition coefficient (Wildman–Crippen LogP) is 0.411. The molecule has 0 radical (unpaired) electrons. The summed E-state index contributed by atoms with van der Waals surface area (Å²) in [6.07, 6.45) is 2.00. The summed E-state index contributed by atoms with van der Waals surface area (Å²) in [5.74, 6) is -0.158. The van der Waals surface area contributed by atoms with E-state index in [0.717, 1.165) is 25.9 Å². The van der Waals surface area contributed by atoms with Crippen LogP contribution in [0.1, 0.15) is 26.7 Å². The van der Waals surface area contributed by atoms with E-state index in [-0.39, 0.29) is 24.8 Å². The summed E-state index contributed by atoms with van der Waals surface area (Å²) in [5, 5.41) is 8.66. The Balaban J connectivity index is 2.16. The molecule has 5 heteroatoms. The molecule has 1 N–H and O–H groups in total. The van der Waals surface area contributed by atoms with Gasteiger partial charge in [0.2, 0.25) is 0 Å². The Bertz CT molecular complexity index is 225. The third-order valence-electron chi connectivity index (χ3n) is 2.70. The van der Waals surface area contributed by atoms with Gasteiger partial charge >= 0.3 is 5.97 Å². The molecule has 1 fully saturated rings. The number of rotatable bonds is 6. The van der Waals surface area contributed by atoms with Crippen molar-refractivity contribution in [1.29, 1.82) is 0 Å². The lowest BCUT2D eigenvalue weighted by Crippen LogP contribution is -2.40. The number of aliphatic hydroxyl groups is 1. The Hall–Kier alpha value is -0.650. The van der Waals surface area contributed by atoms with Crippen molar-refractivity contribution in [3.8, 4) is 0 Å². The second-order valence-corrected chi connectivity index (χ2v) is 4.61. The Morgan fingerprint density at radius 3 is 2.59 bits per heavy atom. The highest BCUT2D eigenvalue weighted by molar-refractivity contribution is 5.71. The minimum Gasteiger partial charge on any atom is -0.462 e. The Kier molecular flexibility index (Phi) is 6.47. The van der Waals surface area contributed by atoms with E-state index in [9.17, 15) is 4.79 Å². The summed E-state index contributed by atoms with van der Waals surface area (Å²) in [6.45, 7) is 6.25. The second-order valence-electron chi connectivity index (χ2n) is 4.61. The highest BCUT2D eigenvalue weighted by Crippen LogP contribution is 2.13. The molecule has 0 aromatic heterocycles. The van der Waals surface area contributed by atoms with Crippen LogP contribution in [0, 0.1) is 0 Å². The smallest absolute Gasteiger partial charge is 0.320 e. The molecule has 1 aliphatic rings. The van der Waals surface area contributed by atoms with Crippen molar-refractivity contribution in [1.82, 2.24) is 4.90 Å². The zero-order chi connectivity index (χ0) is 12.7. The summed E-state index contributed by atoms with van der Waals surface area (Å²) in [7, 11) is 0. The molecule has 0 aromatic rings. The lowest BCUT2D eigenvalue weighted by molar-refractivity contribution is -0.149. The van der Waals surface area contributed by atoms with E-state index < -0.39 is 0 Å². The Morgan fingerprint density at radius 1 is 1.41 bits per heavy atom. The fourth-order valence-corrected chi connectivity index (χ4v) is 1.94. The highest BCUT2D eigenvalue weighted by Gasteiger charge is 2.21. The van der Waals surface area contributed by atoms with Gasteiger partial charge < -0.3 is 14.6 Å². The molecule has 1 aliphatic heterocycles. The van der Waals surface area contributed by atoms with Gasteiger partial charge in [0.15, 0.2) is 0 Å². The van der Waals surface area contributed by atoms with Gasteiger partial charge in [0.05, 0.1) is 32.0 Å². The maximum Gasteiger partial charge on any atom is 0.320 e. The first-order chi connectivity index (χ1) is 8.11. The normalized spacial score (nSPS) is 18.6. The second kappa shape index (κ2) is 7.63. The Labute approximate surface area is 103 Å². The fraction of sp³-hybridized carbons (Fsp3) is 0.917. The van der Waals surface area contributed by atoms with Gasteiger partial charge in [0.1, 0.15) is 0 Å². The molecular weight excluding hydrogens is 222 g/mol. The van der Waals surface area contributed by atoms with Gasteiger partial charge in [0, 0.05) is 13.1 Å². The van der Waals surface area contributed by atoms with Crippen LogP contribution < -0.4 is 0 Å². The zero-order valence-corrected chi connectivity index (χ0v) is 10.7. The molecule has 0 spiro atoms. The zero-order valence-electron chi connectivity index (χ0n) is 10.7. The van der Waals surface area contributed by atoms with Gasteiger partial charge in [-0.3, -0.25) is 9.69 Å². The molecule has 0 aliphatic carbocycles. The molecule has 0 aromatic carbocycles. The lowest BCUT2D eigenvalue weighted by atomic mass is 10.1. The van der Waals surface area contributed by atoms with Crippen molar-refractivity contribution >= 4 is 5.97 Å². The number of carbonyl (C=O) groups is 1. The van der Waals surface area contributed by atoms with Crippen molar-refractivity contribution in [2.75, 3.05) is 32.8 Å².